The van der Waals surface area contributed by atoms with Crippen molar-refractivity contribution >= 4 is 0 Å². The summed E-state index contributed by atoms with van der Waals surface area (Å²) in [5, 5.41) is 3.41. The van der Waals surface area contributed by atoms with Gasteiger partial charge < -0.3 is 14.8 Å². The smallest absolute Gasteiger partial charge is 0.0591 e. The van der Waals surface area contributed by atoms with Crippen LogP contribution in [0.15, 0.2) is 0 Å². The fourth-order valence-corrected chi connectivity index (χ4v) is 1.93. The molecular weight excluding hydrogens is 202 g/mol. The van der Waals surface area contributed by atoms with Crippen molar-refractivity contribution in [3.63, 3.8) is 0 Å². The summed E-state index contributed by atoms with van der Waals surface area (Å²) in [4.78, 5) is 0. The average molecular weight is 229 g/mol. The highest BCUT2D eigenvalue weighted by atomic mass is 16.5. The molecular formula is C13H27NO2. The van der Waals surface area contributed by atoms with Gasteiger partial charge in [0.15, 0.2) is 0 Å². The molecule has 1 heterocycles. The van der Waals surface area contributed by atoms with E-state index in [0.717, 1.165) is 45.4 Å². The molecule has 1 saturated heterocycles. The highest BCUT2D eigenvalue weighted by Crippen LogP contribution is 2.14. The second-order valence-electron chi connectivity index (χ2n) is 4.59. The summed E-state index contributed by atoms with van der Waals surface area (Å²) < 4.78 is 11.0. The van der Waals surface area contributed by atoms with Crippen molar-refractivity contribution < 1.29 is 9.47 Å². The topological polar surface area (TPSA) is 30.5 Å². The van der Waals surface area contributed by atoms with Crippen LogP contribution in [0.2, 0.25) is 0 Å². The predicted molar refractivity (Wildman–Crippen MR) is 66.8 cm³/mol. The standard InChI is InChI=1S/C13H27NO2/c1-2-3-4-7-14-8-11-16-12-13-5-9-15-10-6-13/h13-14H,2-12H2,1H3. The quantitative estimate of drug-likeness (QED) is 0.615. The Morgan fingerprint density at radius 2 is 2.00 bits per heavy atom. The second-order valence-corrected chi connectivity index (χ2v) is 4.59. The van der Waals surface area contributed by atoms with Gasteiger partial charge in [0.25, 0.3) is 0 Å². The van der Waals surface area contributed by atoms with Gasteiger partial charge in [0.1, 0.15) is 0 Å². The Kier molecular flexibility index (Phi) is 8.77. The van der Waals surface area contributed by atoms with Gasteiger partial charge in [-0.25, -0.2) is 0 Å². The molecule has 0 unspecified atom stereocenters. The highest BCUT2D eigenvalue weighted by Gasteiger charge is 2.13. The maximum Gasteiger partial charge on any atom is 0.0591 e. The molecule has 0 amide bonds. The summed E-state index contributed by atoms with van der Waals surface area (Å²) in [6.07, 6.45) is 6.25. The van der Waals surface area contributed by atoms with Gasteiger partial charge in [-0.2, -0.15) is 0 Å². The Labute approximate surface area is 99.9 Å². The lowest BCUT2D eigenvalue weighted by Crippen LogP contribution is -2.24. The van der Waals surface area contributed by atoms with Crippen LogP contribution in [-0.4, -0.2) is 39.5 Å². The van der Waals surface area contributed by atoms with Crippen LogP contribution in [0.1, 0.15) is 39.0 Å². The molecule has 0 aromatic heterocycles. The highest BCUT2D eigenvalue weighted by molar-refractivity contribution is 4.62. The molecule has 0 bridgehead atoms. The van der Waals surface area contributed by atoms with Crippen LogP contribution < -0.4 is 5.32 Å². The van der Waals surface area contributed by atoms with Gasteiger partial charge in [0.2, 0.25) is 0 Å². The lowest BCUT2D eigenvalue weighted by Gasteiger charge is -2.21. The maximum atomic E-state index is 5.66. The first kappa shape index (κ1) is 13.9. The molecule has 1 fully saturated rings. The number of hydrogen-bond donors (Lipinski definition) is 1. The second kappa shape index (κ2) is 10.1. The zero-order chi connectivity index (χ0) is 11.5. The molecule has 0 radical (unpaired) electrons. The SMILES string of the molecule is CCCCCNCCOCC1CCOCC1. The van der Waals surface area contributed by atoms with Crippen molar-refractivity contribution in [2.45, 2.75) is 39.0 Å². The molecule has 96 valence electrons. The molecule has 1 N–H and O–H groups in total. The monoisotopic (exact) mass is 229 g/mol. The molecule has 1 aliphatic rings. The Hall–Kier alpha value is -0.120. The van der Waals surface area contributed by atoms with Crippen molar-refractivity contribution in [3.8, 4) is 0 Å². The van der Waals surface area contributed by atoms with Crippen LogP contribution >= 0.6 is 0 Å². The Balaban J connectivity index is 1.77. The summed E-state index contributed by atoms with van der Waals surface area (Å²) in [6.45, 7) is 7.97. The van der Waals surface area contributed by atoms with E-state index in [2.05, 4.69) is 12.2 Å². The molecule has 0 saturated carbocycles. The number of hydrogen-bond acceptors (Lipinski definition) is 3. The third-order valence-corrected chi connectivity index (χ3v) is 3.07. The molecule has 0 aliphatic carbocycles. The molecule has 0 aromatic rings. The van der Waals surface area contributed by atoms with E-state index < -0.39 is 0 Å². The van der Waals surface area contributed by atoms with Crippen LogP contribution in [0.5, 0.6) is 0 Å². The van der Waals surface area contributed by atoms with Crippen molar-refractivity contribution in [2.75, 3.05) is 39.5 Å². The summed E-state index contributed by atoms with van der Waals surface area (Å²) >= 11 is 0. The van der Waals surface area contributed by atoms with E-state index >= 15 is 0 Å². The molecule has 3 heteroatoms. The number of unbranched alkanes of at least 4 members (excludes halogenated alkanes) is 2. The van der Waals surface area contributed by atoms with E-state index in [1.165, 1.54) is 32.1 Å². The van der Waals surface area contributed by atoms with Crippen molar-refractivity contribution in [2.24, 2.45) is 5.92 Å². The average Bonchev–Trinajstić information content (AvgIpc) is 2.34. The zero-order valence-electron chi connectivity index (χ0n) is 10.7. The first-order valence-electron chi connectivity index (χ1n) is 6.79. The minimum Gasteiger partial charge on any atom is -0.381 e. The van der Waals surface area contributed by atoms with Crippen LogP contribution in [-0.2, 0) is 9.47 Å². The van der Waals surface area contributed by atoms with Crippen molar-refractivity contribution in [1.29, 1.82) is 0 Å². The molecule has 1 aliphatic heterocycles. The largest absolute Gasteiger partial charge is 0.381 e. The van der Waals surface area contributed by atoms with E-state index in [4.69, 9.17) is 9.47 Å². The fourth-order valence-electron chi connectivity index (χ4n) is 1.93. The van der Waals surface area contributed by atoms with Crippen LogP contribution in [0.25, 0.3) is 0 Å². The van der Waals surface area contributed by atoms with Crippen LogP contribution in [0.4, 0.5) is 0 Å². The van der Waals surface area contributed by atoms with Gasteiger partial charge >= 0.3 is 0 Å². The minimum absolute atomic E-state index is 0.730. The zero-order valence-corrected chi connectivity index (χ0v) is 10.7. The van der Waals surface area contributed by atoms with E-state index in [-0.39, 0.29) is 0 Å². The molecule has 0 spiro atoms. The van der Waals surface area contributed by atoms with E-state index in [1.807, 2.05) is 0 Å². The number of rotatable bonds is 9. The van der Waals surface area contributed by atoms with Gasteiger partial charge in [-0.1, -0.05) is 19.8 Å². The third-order valence-electron chi connectivity index (χ3n) is 3.07. The fraction of sp³-hybridized carbons (Fsp3) is 1.00. The van der Waals surface area contributed by atoms with Crippen molar-refractivity contribution in [3.05, 3.63) is 0 Å². The Bertz CT molecular complexity index is 147. The molecule has 0 atom stereocenters. The lowest BCUT2D eigenvalue weighted by atomic mass is 10.0. The van der Waals surface area contributed by atoms with Gasteiger partial charge in [-0.05, 0) is 31.7 Å². The van der Waals surface area contributed by atoms with Gasteiger partial charge in [-0.15, -0.1) is 0 Å². The van der Waals surface area contributed by atoms with Crippen molar-refractivity contribution in [1.82, 2.24) is 5.32 Å². The van der Waals surface area contributed by atoms with Crippen LogP contribution in [0, 0.1) is 5.92 Å². The molecule has 3 nitrogen and oxygen atoms in total. The van der Waals surface area contributed by atoms with Gasteiger partial charge in [0, 0.05) is 26.4 Å². The normalized spacial score (nSPS) is 17.8. The predicted octanol–water partition coefficient (Wildman–Crippen LogP) is 2.21. The summed E-state index contributed by atoms with van der Waals surface area (Å²) in [5.41, 5.74) is 0. The number of nitrogens with one attached hydrogen (secondary N) is 1. The summed E-state index contributed by atoms with van der Waals surface area (Å²) in [5.74, 6) is 0.730. The first-order chi connectivity index (χ1) is 7.93. The Morgan fingerprint density at radius 3 is 2.75 bits per heavy atom. The van der Waals surface area contributed by atoms with Gasteiger partial charge in [-0.3, -0.25) is 0 Å². The van der Waals surface area contributed by atoms with Crippen LogP contribution in [0.3, 0.4) is 0 Å². The molecule has 0 aromatic carbocycles. The lowest BCUT2D eigenvalue weighted by molar-refractivity contribution is 0.0214. The summed E-state index contributed by atoms with van der Waals surface area (Å²) in [7, 11) is 0. The van der Waals surface area contributed by atoms with E-state index in [9.17, 15) is 0 Å². The van der Waals surface area contributed by atoms with E-state index in [0.29, 0.717) is 0 Å². The molecule has 1 rings (SSSR count). The van der Waals surface area contributed by atoms with E-state index in [1.54, 1.807) is 0 Å². The third kappa shape index (κ3) is 7.20. The maximum absolute atomic E-state index is 5.66. The number of ether oxygens (including phenoxy) is 2. The minimum atomic E-state index is 0.730. The summed E-state index contributed by atoms with van der Waals surface area (Å²) in [6, 6.07) is 0. The molecule has 16 heavy (non-hydrogen) atoms. The Morgan fingerprint density at radius 1 is 1.19 bits per heavy atom. The first-order valence-corrected chi connectivity index (χ1v) is 6.79. The van der Waals surface area contributed by atoms with Gasteiger partial charge in [0.05, 0.1) is 6.61 Å².